The van der Waals surface area contributed by atoms with E-state index in [-0.39, 0.29) is 0 Å². The minimum Gasteiger partial charge on any atom is -0.394 e. The third-order valence-electron chi connectivity index (χ3n) is 22.0. The van der Waals surface area contributed by atoms with Gasteiger partial charge in [0.1, 0.15) is 232 Å². The van der Waals surface area contributed by atoms with Crippen LogP contribution >= 0.6 is 0 Å². The van der Waals surface area contributed by atoms with E-state index in [4.69, 9.17) is 90.0 Å². The predicted octanol–water partition coefficient (Wildman–Crippen LogP) is -20.3. The molecule has 10 rings (SSSR count). The fourth-order valence-electron chi connectivity index (χ4n) is 15.4. The lowest BCUT2D eigenvalue weighted by atomic mass is 9.93. The van der Waals surface area contributed by atoms with Crippen LogP contribution < -0.4 is 16.0 Å². The summed E-state index contributed by atoms with van der Waals surface area (Å²) in [5.74, 6) is -2.91. The zero-order valence-electron chi connectivity index (χ0n) is 63.6. The quantitative estimate of drug-likeness (QED) is 0.0331. The number of hydrogen-bond donors (Lipinski definition) is 30. The molecule has 0 bridgehead atoms. The zero-order chi connectivity index (χ0) is 86.8. The van der Waals surface area contributed by atoms with Crippen LogP contribution in [0.5, 0.6) is 0 Å². The first-order valence-corrected chi connectivity index (χ1v) is 37.9. The van der Waals surface area contributed by atoms with Gasteiger partial charge in [-0.1, -0.05) is 0 Å². The largest absolute Gasteiger partial charge is 0.394 e. The molecule has 0 aromatic heterocycles. The van der Waals surface area contributed by atoms with Crippen molar-refractivity contribution >= 4 is 17.7 Å². The Hall–Kier alpha value is -3.43. The number of aliphatic hydroxyl groups is 27. The maximum absolute atomic E-state index is 13.5. The number of carbonyl (C=O) groups is 3. The van der Waals surface area contributed by atoms with Crippen LogP contribution in [0.4, 0.5) is 0 Å². The Balaban J connectivity index is 0.928. The van der Waals surface area contributed by atoms with Crippen LogP contribution in [0, 0.1) is 0 Å². The van der Waals surface area contributed by atoms with Crippen molar-refractivity contribution in [2.24, 2.45) is 0 Å². The molecule has 118 heavy (non-hydrogen) atoms. The monoisotopic (exact) mass is 1730 g/mol. The van der Waals surface area contributed by atoms with Crippen LogP contribution in [0.25, 0.3) is 0 Å². The first-order chi connectivity index (χ1) is 55.8. The van der Waals surface area contributed by atoms with E-state index >= 15 is 0 Å². The summed E-state index contributed by atoms with van der Waals surface area (Å²) in [6, 6.07) is -5.88. The second kappa shape index (κ2) is 41.8. The van der Waals surface area contributed by atoms with E-state index < -0.39 is 377 Å². The third-order valence-corrected chi connectivity index (χ3v) is 22.0. The fraction of sp³-hybridized carbons (Fsp3) is 0.955. The average Bonchev–Trinajstić information content (AvgIpc) is 0.759. The van der Waals surface area contributed by atoms with Crippen molar-refractivity contribution in [1.82, 2.24) is 16.0 Å². The van der Waals surface area contributed by atoms with E-state index in [9.17, 15) is 152 Å². The van der Waals surface area contributed by atoms with Crippen LogP contribution in [0.2, 0.25) is 0 Å². The molecular formula is C66H111N3O49. The van der Waals surface area contributed by atoms with Gasteiger partial charge in [-0.2, -0.15) is 0 Å². The molecule has 10 aliphatic heterocycles. The number of aliphatic hydroxyl groups excluding tert-OH is 27. The second-order valence-corrected chi connectivity index (χ2v) is 30.2. The van der Waals surface area contributed by atoms with E-state index in [0.29, 0.717) is 0 Å². The molecule has 0 aromatic carbocycles. The van der Waals surface area contributed by atoms with Gasteiger partial charge < -0.3 is 244 Å². The van der Waals surface area contributed by atoms with Gasteiger partial charge in [-0.15, -0.1) is 0 Å². The first kappa shape index (κ1) is 96.8. The lowest BCUT2D eigenvalue weighted by molar-refractivity contribution is -0.400. The molecule has 0 saturated carbocycles. The number of amides is 3. The van der Waals surface area contributed by atoms with Gasteiger partial charge >= 0.3 is 0 Å². The Kier molecular flexibility index (Phi) is 34.3. The molecular weight excluding hydrogens is 1620 g/mol. The molecule has 0 aliphatic carbocycles. The summed E-state index contributed by atoms with van der Waals surface area (Å²) in [5.41, 5.74) is 0. The SMILES string of the molecule is CC(=O)N[C@H]1[C@H](OC[C@H]2O[C@@H](O[C@H]3[C@H](O)[C@@H](O)C(O)O[C@@H]3CO)[C@H](O)[C@@H](O[C@@H]3O[C@H](CO)[C@@H](O)[C@H](O[C@@H]4O[C@H](CO)[C@H](O)[C@H](O)[C@H]4O)[C@H]3NC(C)=O)[C@H]2O)O[C@H](CO)[C@@H](O[C@@H]2O[C@H](CO)[C@H](O)[C@H](O[C@@H]3O[C@H](CO)[C@@H](O[C@@H]4O[C@@H](C)[C@@H](O)[C@@H](O)[C@@H]4O)[C@H](O[C@@H]4O[C@H](CO)[C@H](O)[C@H](O)[C@H]4O[C@@H]4O[C@@H](C)[C@@H](O)[C@@H](O)[C@@H]4O)[C@H]3NC(C)=O)[C@H]2O)[C@@H]1O. The Morgan fingerprint density at radius 3 is 1.01 bits per heavy atom. The first-order valence-electron chi connectivity index (χ1n) is 37.9. The second-order valence-electron chi connectivity index (χ2n) is 30.2. The number of carbonyl (C=O) groups excluding carboxylic acids is 3. The van der Waals surface area contributed by atoms with E-state index in [1.54, 1.807) is 0 Å². The smallest absolute Gasteiger partial charge is 0.217 e. The van der Waals surface area contributed by atoms with Crippen molar-refractivity contribution < 1.29 is 242 Å². The van der Waals surface area contributed by atoms with E-state index in [0.717, 1.165) is 20.8 Å². The standard InChI is InChI=1S/C66H111N3O49/c1-14-30(80)38(88)44(94)61(101-14)113-51-25(12-76)109-60(29(69-18(5)79)53(51)115-66-56(41(91)33(83)20(7-71)107-66)118-62-45(95)39(89)31(81)15(2)102-62)116-54-35(85)22(9-73)106-64(47(54)97)111-49-24(11-75)108-58(27(37(49)87)67-16(3)77)100-13-26-36(86)55(48(98)65(110-26)112-50-23(10-74)103-57(99)43(93)42(50)92)117-59-28(68-17(4)78)52(34(84)21(8-72)104-59)114-63-46(96)40(90)32(82)19(6-70)105-63/h14-15,19-66,70-76,80-99H,6-13H2,1-5H3,(H,67,77)(H,68,78)(H,69,79)/t14-,15-,19+,20+,21+,22+,23+,24+,25+,26+,27+,28+,29+,30+,31+,32-,33-,34+,35-,36-,37+,38+,39+,40-,41-,42+,43+,44-,45-,46+,47+,48+,49+,50+,51+,52+,53+,54-,55-,56+,57?,58+,59-,60-,61-,62-,63-,64-,65-,66-/m0/s1. The number of rotatable bonds is 29. The highest BCUT2D eigenvalue weighted by Gasteiger charge is 2.62. The van der Waals surface area contributed by atoms with Crippen LogP contribution in [-0.2, 0) is 104 Å². The number of nitrogens with one attached hydrogen (secondary N) is 3. The average molecular weight is 1730 g/mol. The maximum Gasteiger partial charge on any atom is 0.217 e. The molecule has 3 amide bonds. The van der Waals surface area contributed by atoms with Gasteiger partial charge in [0.05, 0.1) is 65.1 Å². The van der Waals surface area contributed by atoms with Gasteiger partial charge in [0.15, 0.2) is 62.9 Å². The van der Waals surface area contributed by atoms with Gasteiger partial charge in [-0.05, 0) is 13.8 Å². The summed E-state index contributed by atoms with van der Waals surface area (Å²) in [4.78, 5) is 39.7. The molecule has 50 atom stereocenters. The van der Waals surface area contributed by atoms with E-state index in [1.165, 1.54) is 13.8 Å². The van der Waals surface area contributed by atoms with Crippen molar-refractivity contribution in [2.75, 3.05) is 52.9 Å². The molecule has 0 radical (unpaired) electrons. The summed E-state index contributed by atoms with van der Waals surface area (Å²) < 4.78 is 113. The fourth-order valence-corrected chi connectivity index (χ4v) is 15.4. The molecule has 52 heteroatoms. The number of ether oxygens (including phenoxy) is 19. The number of hydrogen-bond acceptors (Lipinski definition) is 49. The lowest BCUT2D eigenvalue weighted by Crippen LogP contribution is -2.71. The summed E-state index contributed by atoms with van der Waals surface area (Å²) in [7, 11) is 0. The summed E-state index contributed by atoms with van der Waals surface area (Å²) >= 11 is 0. The van der Waals surface area contributed by atoms with Crippen molar-refractivity contribution in [3.05, 3.63) is 0 Å². The molecule has 10 saturated heterocycles. The molecule has 0 aromatic rings. The maximum atomic E-state index is 13.5. The van der Waals surface area contributed by atoms with Crippen molar-refractivity contribution in [2.45, 2.75) is 341 Å². The summed E-state index contributed by atoms with van der Waals surface area (Å²) in [6.07, 6.45) is -96.0. The molecule has 52 nitrogen and oxygen atoms in total. The topological polar surface area (TPSA) is 809 Å². The molecule has 30 N–H and O–H groups in total. The van der Waals surface area contributed by atoms with Gasteiger partial charge in [0.25, 0.3) is 0 Å². The minimum absolute atomic E-state index is 0.924. The normalized spacial score (nSPS) is 51.1. The van der Waals surface area contributed by atoms with Crippen molar-refractivity contribution in [1.29, 1.82) is 0 Å². The highest BCUT2D eigenvalue weighted by Crippen LogP contribution is 2.41. The van der Waals surface area contributed by atoms with Crippen LogP contribution in [-0.4, -0.2) is 515 Å². The lowest BCUT2D eigenvalue weighted by Gasteiger charge is -2.52. The van der Waals surface area contributed by atoms with Crippen LogP contribution in [0.15, 0.2) is 0 Å². The van der Waals surface area contributed by atoms with Crippen LogP contribution in [0.1, 0.15) is 34.6 Å². The zero-order valence-corrected chi connectivity index (χ0v) is 63.6. The molecule has 1 unspecified atom stereocenters. The molecule has 684 valence electrons. The van der Waals surface area contributed by atoms with Gasteiger partial charge in [0, 0.05) is 20.8 Å². The minimum atomic E-state index is -2.46. The molecule has 10 heterocycles. The highest BCUT2D eigenvalue weighted by atomic mass is 16.8. The summed E-state index contributed by atoms with van der Waals surface area (Å²) in [6.45, 7) is -3.60. The molecule has 10 fully saturated rings. The Bertz CT molecular complexity index is 3140. The van der Waals surface area contributed by atoms with Gasteiger partial charge in [0.2, 0.25) is 17.7 Å². The van der Waals surface area contributed by atoms with Crippen molar-refractivity contribution in [3.63, 3.8) is 0 Å². The molecule has 10 aliphatic rings. The van der Waals surface area contributed by atoms with Gasteiger partial charge in [-0.3, -0.25) is 14.4 Å². The Labute approximate surface area is 668 Å². The van der Waals surface area contributed by atoms with Crippen LogP contribution in [0.3, 0.4) is 0 Å². The highest BCUT2D eigenvalue weighted by molar-refractivity contribution is 5.74. The Morgan fingerprint density at radius 1 is 0.237 bits per heavy atom. The predicted molar refractivity (Wildman–Crippen MR) is 362 cm³/mol. The molecule has 0 spiro atoms. The summed E-state index contributed by atoms with van der Waals surface area (Å²) in [5, 5.41) is 306. The van der Waals surface area contributed by atoms with Crippen molar-refractivity contribution in [3.8, 4) is 0 Å². The Morgan fingerprint density at radius 2 is 0.534 bits per heavy atom. The third kappa shape index (κ3) is 20.8. The van der Waals surface area contributed by atoms with E-state index in [2.05, 4.69) is 16.0 Å². The van der Waals surface area contributed by atoms with E-state index in [1.807, 2.05) is 0 Å². The van der Waals surface area contributed by atoms with Gasteiger partial charge in [-0.25, -0.2) is 0 Å².